The van der Waals surface area contributed by atoms with Crippen LogP contribution in [0.5, 0.6) is 0 Å². The highest BCUT2D eigenvalue weighted by Gasteiger charge is 2.25. The molecule has 2 heterocycles. The third-order valence-corrected chi connectivity index (χ3v) is 5.31. The quantitative estimate of drug-likeness (QED) is 0.910. The van der Waals surface area contributed by atoms with Crippen molar-refractivity contribution in [3.63, 3.8) is 0 Å². The van der Waals surface area contributed by atoms with Crippen LogP contribution in [0.15, 0.2) is 21.9 Å². The van der Waals surface area contributed by atoms with Crippen LogP contribution >= 0.6 is 0 Å². The van der Waals surface area contributed by atoms with Gasteiger partial charge in [0.25, 0.3) is 11.5 Å². The van der Waals surface area contributed by atoms with Gasteiger partial charge in [0.2, 0.25) is 0 Å². The Balaban J connectivity index is 1.95. The molecule has 1 N–H and O–H groups in total. The maximum atomic E-state index is 12.6. The molecular formula is C18H24N4O3. The molecular weight excluding hydrogens is 320 g/mol. The van der Waals surface area contributed by atoms with Crippen LogP contribution in [0.2, 0.25) is 0 Å². The van der Waals surface area contributed by atoms with Crippen molar-refractivity contribution in [1.29, 1.82) is 0 Å². The maximum Gasteiger partial charge on any atom is 0.332 e. The first-order valence-electron chi connectivity index (χ1n) is 8.80. The van der Waals surface area contributed by atoms with Crippen LogP contribution in [0, 0.1) is 5.92 Å². The first kappa shape index (κ1) is 17.4. The number of fused-ring (bicyclic) bond motifs is 1. The van der Waals surface area contributed by atoms with Gasteiger partial charge in [0, 0.05) is 26.3 Å². The van der Waals surface area contributed by atoms with E-state index in [4.69, 9.17) is 0 Å². The minimum absolute atomic E-state index is 0.171. The largest absolute Gasteiger partial charge is 0.349 e. The van der Waals surface area contributed by atoms with E-state index in [0.29, 0.717) is 11.5 Å². The molecule has 3 rings (SSSR count). The Morgan fingerprint density at radius 2 is 1.96 bits per heavy atom. The smallest absolute Gasteiger partial charge is 0.332 e. The molecule has 0 aromatic carbocycles. The number of amides is 1. The molecule has 0 radical (unpaired) electrons. The first-order valence-corrected chi connectivity index (χ1v) is 8.80. The number of pyridine rings is 1. The Labute approximate surface area is 145 Å². The van der Waals surface area contributed by atoms with Crippen molar-refractivity contribution in [2.45, 2.75) is 45.1 Å². The van der Waals surface area contributed by atoms with Gasteiger partial charge in [-0.1, -0.05) is 26.2 Å². The van der Waals surface area contributed by atoms with E-state index in [0.717, 1.165) is 30.3 Å². The molecule has 7 nitrogen and oxygen atoms in total. The Morgan fingerprint density at radius 1 is 1.24 bits per heavy atom. The lowest BCUT2D eigenvalue weighted by Gasteiger charge is -2.31. The number of hydrogen-bond donors (Lipinski definition) is 1. The molecule has 2 atom stereocenters. The van der Waals surface area contributed by atoms with E-state index in [-0.39, 0.29) is 23.0 Å². The maximum absolute atomic E-state index is 12.6. The summed E-state index contributed by atoms with van der Waals surface area (Å²) in [6.45, 7) is 2.15. The number of aromatic nitrogens is 3. The number of nitrogens with one attached hydrogen (secondary N) is 1. The fraction of sp³-hybridized carbons (Fsp3) is 0.556. The summed E-state index contributed by atoms with van der Waals surface area (Å²) in [4.78, 5) is 41.1. The van der Waals surface area contributed by atoms with Crippen LogP contribution in [-0.2, 0) is 14.1 Å². The fourth-order valence-corrected chi connectivity index (χ4v) is 3.73. The van der Waals surface area contributed by atoms with Crippen molar-refractivity contribution in [3.05, 3.63) is 38.7 Å². The molecule has 7 heteroatoms. The van der Waals surface area contributed by atoms with Gasteiger partial charge >= 0.3 is 5.69 Å². The molecule has 1 aliphatic carbocycles. The Kier molecular flexibility index (Phi) is 4.74. The lowest BCUT2D eigenvalue weighted by atomic mass is 9.83. The van der Waals surface area contributed by atoms with Gasteiger partial charge in [-0.2, -0.15) is 0 Å². The van der Waals surface area contributed by atoms with Crippen molar-refractivity contribution in [2.24, 2.45) is 20.0 Å². The minimum Gasteiger partial charge on any atom is -0.349 e. The average Bonchev–Trinajstić information content (AvgIpc) is 2.64. The molecule has 134 valence electrons. The highest BCUT2D eigenvalue weighted by molar-refractivity contribution is 5.96. The summed E-state index contributed by atoms with van der Waals surface area (Å²) in [5.74, 6) is 0.287. The van der Waals surface area contributed by atoms with Gasteiger partial charge in [0.1, 0.15) is 5.65 Å². The van der Waals surface area contributed by atoms with E-state index < -0.39 is 11.2 Å². The molecule has 0 spiro atoms. The van der Waals surface area contributed by atoms with E-state index in [9.17, 15) is 14.4 Å². The molecule has 1 aliphatic rings. The van der Waals surface area contributed by atoms with Crippen LogP contribution in [0.25, 0.3) is 11.0 Å². The molecule has 25 heavy (non-hydrogen) atoms. The molecule has 0 bridgehead atoms. The first-order chi connectivity index (χ1) is 11.9. The van der Waals surface area contributed by atoms with Crippen LogP contribution in [-0.4, -0.2) is 26.1 Å². The normalized spacial score (nSPS) is 20.6. The summed E-state index contributed by atoms with van der Waals surface area (Å²) < 4.78 is 2.34. The second kappa shape index (κ2) is 6.82. The van der Waals surface area contributed by atoms with E-state index in [2.05, 4.69) is 17.2 Å². The molecule has 1 fully saturated rings. The zero-order valence-corrected chi connectivity index (χ0v) is 14.9. The Hall–Kier alpha value is -2.44. The van der Waals surface area contributed by atoms with E-state index in [1.807, 2.05) is 0 Å². The number of carbonyl (C=O) groups is 1. The third kappa shape index (κ3) is 3.10. The molecule has 1 saturated carbocycles. The molecule has 0 unspecified atom stereocenters. The second-order valence-corrected chi connectivity index (χ2v) is 6.83. The van der Waals surface area contributed by atoms with Gasteiger partial charge in [-0.05, 0) is 24.8 Å². The van der Waals surface area contributed by atoms with Crippen molar-refractivity contribution in [2.75, 3.05) is 0 Å². The number of nitrogens with zero attached hydrogens (tertiary/aromatic N) is 3. The Bertz CT molecular complexity index is 928. The average molecular weight is 344 g/mol. The summed E-state index contributed by atoms with van der Waals surface area (Å²) in [7, 11) is 2.98. The summed E-state index contributed by atoms with van der Waals surface area (Å²) in [6, 6.07) is 1.70. The Morgan fingerprint density at radius 3 is 2.68 bits per heavy atom. The van der Waals surface area contributed by atoms with Crippen LogP contribution in [0.4, 0.5) is 0 Å². The minimum atomic E-state index is -0.440. The summed E-state index contributed by atoms with van der Waals surface area (Å²) in [6.07, 6.45) is 6.94. The highest BCUT2D eigenvalue weighted by Crippen LogP contribution is 2.27. The lowest BCUT2D eigenvalue weighted by Crippen LogP contribution is -2.42. The van der Waals surface area contributed by atoms with Gasteiger partial charge in [-0.3, -0.25) is 18.7 Å². The van der Waals surface area contributed by atoms with Gasteiger partial charge in [-0.15, -0.1) is 0 Å². The molecule has 1 amide bonds. The lowest BCUT2D eigenvalue weighted by molar-refractivity contribution is 0.0904. The molecule has 2 aromatic rings. The highest BCUT2D eigenvalue weighted by atomic mass is 16.2. The SMILES string of the molecule is CC[C@H]1CCCC[C@@H]1NC(=O)c1cnc2c(c1)c(=O)n(C)c(=O)n2C. The third-order valence-electron chi connectivity index (χ3n) is 5.31. The van der Waals surface area contributed by atoms with Crippen LogP contribution < -0.4 is 16.6 Å². The van der Waals surface area contributed by atoms with Gasteiger partial charge < -0.3 is 5.32 Å². The standard InChI is InChI=1S/C18H24N4O3/c1-4-11-7-5-6-8-14(11)20-16(23)12-9-13-15(19-10-12)21(2)18(25)22(3)17(13)24/h9-11,14H,4-8H2,1-3H3,(H,20,23)/t11-,14-/m0/s1. The van der Waals surface area contributed by atoms with Crippen molar-refractivity contribution >= 4 is 16.9 Å². The van der Waals surface area contributed by atoms with Crippen molar-refractivity contribution in [3.8, 4) is 0 Å². The predicted molar refractivity (Wildman–Crippen MR) is 95.7 cm³/mol. The number of rotatable bonds is 3. The van der Waals surface area contributed by atoms with E-state index in [1.54, 1.807) is 7.05 Å². The summed E-state index contributed by atoms with van der Waals surface area (Å²) >= 11 is 0. The van der Waals surface area contributed by atoms with Gasteiger partial charge in [-0.25, -0.2) is 9.78 Å². The summed E-state index contributed by atoms with van der Waals surface area (Å²) in [5, 5.41) is 3.38. The molecule has 2 aromatic heterocycles. The van der Waals surface area contributed by atoms with Crippen LogP contribution in [0.1, 0.15) is 49.4 Å². The summed E-state index contributed by atoms with van der Waals surface area (Å²) in [5.41, 5.74) is -0.239. The van der Waals surface area contributed by atoms with Gasteiger partial charge in [0.05, 0.1) is 10.9 Å². The van der Waals surface area contributed by atoms with E-state index in [1.165, 1.54) is 30.3 Å². The van der Waals surface area contributed by atoms with Gasteiger partial charge in [0.15, 0.2) is 0 Å². The van der Waals surface area contributed by atoms with E-state index >= 15 is 0 Å². The molecule has 0 aliphatic heterocycles. The number of hydrogen-bond acceptors (Lipinski definition) is 4. The topological polar surface area (TPSA) is 86.0 Å². The monoisotopic (exact) mass is 344 g/mol. The van der Waals surface area contributed by atoms with Crippen LogP contribution in [0.3, 0.4) is 0 Å². The zero-order valence-electron chi connectivity index (χ0n) is 14.9. The fourth-order valence-electron chi connectivity index (χ4n) is 3.73. The second-order valence-electron chi connectivity index (χ2n) is 6.83. The number of aryl methyl sites for hydroxylation is 1. The van der Waals surface area contributed by atoms with Crippen molar-refractivity contribution in [1.82, 2.24) is 19.4 Å². The molecule has 0 saturated heterocycles. The zero-order chi connectivity index (χ0) is 18.1. The predicted octanol–water partition coefficient (Wildman–Crippen LogP) is 1.33. The van der Waals surface area contributed by atoms with Crippen molar-refractivity contribution < 1.29 is 4.79 Å². The number of carbonyl (C=O) groups excluding carboxylic acids is 1.